The molecule has 9 heteroatoms. The molecule has 3 rings (SSSR count). The molecule has 0 fully saturated rings. The summed E-state index contributed by atoms with van der Waals surface area (Å²) in [4.78, 5) is 16.3. The second kappa shape index (κ2) is 10.1. The first-order valence-corrected chi connectivity index (χ1v) is 9.19. The highest BCUT2D eigenvalue weighted by Crippen LogP contribution is 2.31. The number of methoxy groups -OCH3 is 4. The average molecular weight is 426 g/mol. The minimum atomic E-state index is -0.559. The molecule has 3 aromatic rings. The number of hydrogen-bond acceptors (Lipinski definition) is 9. The van der Waals surface area contributed by atoms with Crippen LogP contribution < -0.4 is 18.9 Å². The van der Waals surface area contributed by atoms with Crippen LogP contribution in [0.25, 0.3) is 17.5 Å². The molecule has 0 aliphatic heterocycles. The molecule has 1 aromatic heterocycles. The minimum Gasteiger partial charge on any atom is -0.497 e. The Balaban J connectivity index is 1.62. The molecule has 0 amide bonds. The highest BCUT2D eigenvalue weighted by molar-refractivity contribution is 5.87. The van der Waals surface area contributed by atoms with Crippen molar-refractivity contribution in [2.24, 2.45) is 0 Å². The lowest BCUT2D eigenvalue weighted by Crippen LogP contribution is -2.01. The smallest absolute Gasteiger partial charge is 0.331 e. The van der Waals surface area contributed by atoms with E-state index in [1.54, 1.807) is 63.8 Å². The van der Waals surface area contributed by atoms with E-state index in [0.29, 0.717) is 34.4 Å². The van der Waals surface area contributed by atoms with E-state index in [4.69, 9.17) is 28.2 Å². The summed E-state index contributed by atoms with van der Waals surface area (Å²) in [5, 5.41) is 3.92. The summed E-state index contributed by atoms with van der Waals surface area (Å²) in [6.07, 6.45) is 2.90. The molecule has 0 atom stereocenters. The van der Waals surface area contributed by atoms with Gasteiger partial charge in [0, 0.05) is 12.1 Å². The summed E-state index contributed by atoms with van der Waals surface area (Å²) >= 11 is 0. The molecule has 2 aromatic carbocycles. The summed E-state index contributed by atoms with van der Waals surface area (Å²) in [7, 11) is 6.19. The van der Waals surface area contributed by atoms with Crippen molar-refractivity contribution in [1.82, 2.24) is 10.1 Å². The Hall–Kier alpha value is -4.01. The zero-order valence-electron chi connectivity index (χ0n) is 17.6. The maximum Gasteiger partial charge on any atom is 0.331 e. The third kappa shape index (κ3) is 5.33. The Morgan fingerprint density at radius 2 is 1.71 bits per heavy atom. The summed E-state index contributed by atoms with van der Waals surface area (Å²) in [6.45, 7) is -0.166. The number of benzene rings is 2. The Kier molecular flexibility index (Phi) is 7.10. The highest BCUT2D eigenvalue weighted by atomic mass is 16.6. The molecule has 0 spiro atoms. The molecule has 0 saturated carbocycles. The van der Waals surface area contributed by atoms with Crippen LogP contribution in [-0.2, 0) is 16.1 Å². The molecule has 0 aliphatic rings. The average Bonchev–Trinajstić information content (AvgIpc) is 3.29. The molecule has 1 heterocycles. The number of ether oxygens (including phenoxy) is 5. The molecule has 0 aliphatic carbocycles. The van der Waals surface area contributed by atoms with Crippen LogP contribution >= 0.6 is 0 Å². The first kappa shape index (κ1) is 21.7. The fourth-order valence-corrected chi connectivity index (χ4v) is 2.71. The van der Waals surface area contributed by atoms with Gasteiger partial charge >= 0.3 is 5.97 Å². The Labute approximate surface area is 179 Å². The minimum absolute atomic E-state index is 0.153. The molecule has 0 radical (unpaired) electrons. The second-order valence-corrected chi connectivity index (χ2v) is 6.13. The normalized spacial score (nSPS) is 10.7. The number of rotatable bonds is 9. The number of carbonyl (C=O) groups excluding carboxylic acids is 1. The van der Waals surface area contributed by atoms with Crippen molar-refractivity contribution in [3.63, 3.8) is 0 Å². The lowest BCUT2D eigenvalue weighted by molar-refractivity contribution is -0.139. The van der Waals surface area contributed by atoms with E-state index >= 15 is 0 Å². The fraction of sp³-hybridized carbons (Fsp3) is 0.227. The Bertz CT molecular complexity index is 1080. The van der Waals surface area contributed by atoms with Crippen LogP contribution in [0.15, 0.2) is 47.0 Å². The van der Waals surface area contributed by atoms with Gasteiger partial charge in [-0.1, -0.05) is 11.2 Å². The topological polar surface area (TPSA) is 102 Å². The highest BCUT2D eigenvalue weighted by Gasteiger charge is 2.15. The SMILES string of the molecule is COc1ccc(-c2noc(COC(=O)/C=C/c3ccc(OC)c(OC)c3)n2)c(OC)c1. The lowest BCUT2D eigenvalue weighted by atomic mass is 10.2. The quantitative estimate of drug-likeness (QED) is 0.375. The van der Waals surface area contributed by atoms with Gasteiger partial charge in [-0.15, -0.1) is 0 Å². The first-order valence-electron chi connectivity index (χ1n) is 9.19. The molecule has 0 N–H and O–H groups in total. The van der Waals surface area contributed by atoms with E-state index in [1.165, 1.54) is 13.2 Å². The predicted molar refractivity (Wildman–Crippen MR) is 111 cm³/mol. The fourth-order valence-electron chi connectivity index (χ4n) is 2.71. The zero-order valence-corrected chi connectivity index (χ0v) is 17.6. The van der Waals surface area contributed by atoms with Crippen LogP contribution in [0.3, 0.4) is 0 Å². The van der Waals surface area contributed by atoms with Crippen LogP contribution in [0, 0.1) is 0 Å². The molecule has 0 bridgehead atoms. The van der Waals surface area contributed by atoms with Crippen molar-refractivity contribution >= 4 is 12.0 Å². The Morgan fingerprint density at radius 1 is 0.935 bits per heavy atom. The number of nitrogens with zero attached hydrogens (tertiary/aromatic N) is 2. The van der Waals surface area contributed by atoms with E-state index in [1.807, 2.05) is 0 Å². The zero-order chi connectivity index (χ0) is 22.2. The summed E-state index contributed by atoms with van der Waals surface area (Å²) in [5.41, 5.74) is 1.37. The van der Waals surface area contributed by atoms with Gasteiger partial charge in [-0.25, -0.2) is 4.79 Å². The van der Waals surface area contributed by atoms with E-state index in [2.05, 4.69) is 10.1 Å². The van der Waals surface area contributed by atoms with Crippen LogP contribution in [0.2, 0.25) is 0 Å². The van der Waals surface area contributed by atoms with Gasteiger partial charge in [-0.05, 0) is 35.9 Å². The van der Waals surface area contributed by atoms with Gasteiger partial charge in [-0.3, -0.25) is 0 Å². The molecule has 0 saturated heterocycles. The van der Waals surface area contributed by atoms with Crippen molar-refractivity contribution in [2.45, 2.75) is 6.61 Å². The van der Waals surface area contributed by atoms with Crippen molar-refractivity contribution < 1.29 is 33.0 Å². The second-order valence-electron chi connectivity index (χ2n) is 6.13. The Morgan fingerprint density at radius 3 is 2.42 bits per heavy atom. The van der Waals surface area contributed by atoms with Gasteiger partial charge in [0.1, 0.15) is 11.5 Å². The maximum atomic E-state index is 12.0. The van der Waals surface area contributed by atoms with Gasteiger partial charge in [-0.2, -0.15) is 4.98 Å². The predicted octanol–water partition coefficient (Wildman–Crippen LogP) is 3.53. The van der Waals surface area contributed by atoms with E-state index in [0.717, 1.165) is 5.56 Å². The molecule has 9 nitrogen and oxygen atoms in total. The van der Waals surface area contributed by atoms with Gasteiger partial charge in [0.15, 0.2) is 18.1 Å². The number of aromatic nitrogens is 2. The molecular formula is C22H22N2O7. The summed E-state index contributed by atoms with van der Waals surface area (Å²) in [6, 6.07) is 10.5. The molecule has 31 heavy (non-hydrogen) atoms. The molecule has 0 unspecified atom stereocenters. The van der Waals surface area contributed by atoms with Crippen molar-refractivity contribution in [3.05, 3.63) is 53.9 Å². The third-order valence-electron chi connectivity index (χ3n) is 4.28. The van der Waals surface area contributed by atoms with Crippen LogP contribution in [0.4, 0.5) is 0 Å². The largest absolute Gasteiger partial charge is 0.497 e. The molecule has 162 valence electrons. The van der Waals surface area contributed by atoms with E-state index in [9.17, 15) is 4.79 Å². The van der Waals surface area contributed by atoms with Crippen molar-refractivity contribution in [1.29, 1.82) is 0 Å². The van der Waals surface area contributed by atoms with Crippen molar-refractivity contribution in [2.75, 3.05) is 28.4 Å². The molecular weight excluding hydrogens is 404 g/mol. The van der Waals surface area contributed by atoms with Gasteiger partial charge in [0.25, 0.3) is 5.89 Å². The lowest BCUT2D eigenvalue weighted by Gasteiger charge is -2.07. The number of esters is 1. The third-order valence-corrected chi connectivity index (χ3v) is 4.28. The first-order chi connectivity index (χ1) is 15.1. The number of carbonyl (C=O) groups is 1. The summed E-state index contributed by atoms with van der Waals surface area (Å²) in [5.74, 6) is 2.23. The van der Waals surface area contributed by atoms with Crippen LogP contribution in [0.1, 0.15) is 11.5 Å². The van der Waals surface area contributed by atoms with Crippen LogP contribution in [-0.4, -0.2) is 44.5 Å². The summed E-state index contributed by atoms with van der Waals surface area (Å²) < 4.78 is 31.3. The standard InChI is InChI=1S/C22H22N2O7/c1-26-15-7-8-16(18(12-15)28-3)22-23-20(31-24-22)13-30-21(25)10-6-14-5-9-17(27-2)19(11-14)29-4/h5-12H,13H2,1-4H3/b10-6+. The van der Waals surface area contributed by atoms with E-state index in [-0.39, 0.29) is 12.5 Å². The maximum absolute atomic E-state index is 12.0. The number of hydrogen-bond donors (Lipinski definition) is 0. The van der Waals surface area contributed by atoms with Crippen LogP contribution in [0.5, 0.6) is 23.0 Å². The van der Waals surface area contributed by atoms with Gasteiger partial charge in [0.2, 0.25) is 5.82 Å². The van der Waals surface area contributed by atoms with Gasteiger partial charge < -0.3 is 28.2 Å². The van der Waals surface area contributed by atoms with E-state index < -0.39 is 5.97 Å². The van der Waals surface area contributed by atoms with Gasteiger partial charge in [0.05, 0.1) is 34.0 Å². The van der Waals surface area contributed by atoms with Crippen molar-refractivity contribution in [3.8, 4) is 34.4 Å². The monoisotopic (exact) mass is 426 g/mol.